The van der Waals surface area contributed by atoms with Crippen LogP contribution in [-0.2, 0) is 15.1 Å². The number of hydrogen-bond acceptors (Lipinski definition) is 3. The van der Waals surface area contributed by atoms with Crippen LogP contribution >= 0.6 is 0 Å². The van der Waals surface area contributed by atoms with Gasteiger partial charge >= 0.3 is 5.97 Å². The molecule has 4 heteroatoms. The van der Waals surface area contributed by atoms with Gasteiger partial charge in [-0.2, -0.15) is 0 Å². The molecule has 0 bridgehead atoms. The van der Waals surface area contributed by atoms with Gasteiger partial charge in [0.25, 0.3) is 0 Å². The van der Waals surface area contributed by atoms with Gasteiger partial charge in [0, 0.05) is 5.56 Å². The topological polar surface area (TPSA) is 52.3 Å². The van der Waals surface area contributed by atoms with E-state index in [9.17, 15) is 9.18 Å². The van der Waals surface area contributed by atoms with E-state index in [1.54, 1.807) is 19.1 Å². The van der Waals surface area contributed by atoms with Gasteiger partial charge in [0.05, 0.1) is 6.61 Å². The summed E-state index contributed by atoms with van der Waals surface area (Å²) in [5.74, 6) is -1.13. The van der Waals surface area contributed by atoms with Crippen LogP contribution in [0.25, 0.3) is 0 Å². The molecule has 1 aromatic rings. The number of carbonyl (C=O) groups excluding carboxylic acids is 1. The van der Waals surface area contributed by atoms with E-state index >= 15 is 0 Å². The first-order valence-electron chi connectivity index (χ1n) is 4.71. The van der Waals surface area contributed by atoms with Gasteiger partial charge in [0.15, 0.2) is 0 Å². The van der Waals surface area contributed by atoms with Crippen molar-refractivity contribution in [3.63, 3.8) is 0 Å². The molecule has 0 aliphatic rings. The van der Waals surface area contributed by atoms with Gasteiger partial charge in [-0.25, -0.2) is 9.18 Å². The second-order valence-electron chi connectivity index (χ2n) is 3.40. The average Bonchev–Trinajstić information content (AvgIpc) is 2.18. The first-order chi connectivity index (χ1) is 7.00. The molecule has 0 spiro atoms. The molecule has 0 aliphatic heterocycles. The lowest BCUT2D eigenvalue weighted by atomic mass is 9.93. The number of halogens is 1. The van der Waals surface area contributed by atoms with Crippen LogP contribution in [0.15, 0.2) is 24.3 Å². The van der Waals surface area contributed by atoms with E-state index in [0.29, 0.717) is 0 Å². The highest BCUT2D eigenvalue weighted by molar-refractivity contribution is 5.81. The van der Waals surface area contributed by atoms with Crippen LogP contribution in [0.1, 0.15) is 19.4 Å². The van der Waals surface area contributed by atoms with E-state index in [0.717, 1.165) is 0 Å². The predicted octanol–water partition coefficient (Wildman–Crippen LogP) is 1.56. The van der Waals surface area contributed by atoms with Crippen molar-refractivity contribution in [3.8, 4) is 0 Å². The van der Waals surface area contributed by atoms with E-state index in [2.05, 4.69) is 0 Å². The summed E-state index contributed by atoms with van der Waals surface area (Å²) in [7, 11) is 0. The van der Waals surface area contributed by atoms with E-state index in [1.165, 1.54) is 19.1 Å². The van der Waals surface area contributed by atoms with Crippen molar-refractivity contribution in [2.45, 2.75) is 19.4 Å². The van der Waals surface area contributed by atoms with Crippen molar-refractivity contribution in [2.24, 2.45) is 5.73 Å². The highest BCUT2D eigenvalue weighted by Gasteiger charge is 2.34. The van der Waals surface area contributed by atoms with Crippen molar-refractivity contribution in [1.29, 1.82) is 0 Å². The lowest BCUT2D eigenvalue weighted by Crippen LogP contribution is -2.43. The van der Waals surface area contributed by atoms with Crippen molar-refractivity contribution < 1.29 is 13.9 Å². The number of rotatable bonds is 3. The molecule has 1 aromatic carbocycles. The Kier molecular flexibility index (Phi) is 3.42. The summed E-state index contributed by atoms with van der Waals surface area (Å²) in [5, 5.41) is 0. The lowest BCUT2D eigenvalue weighted by Gasteiger charge is -2.22. The normalized spacial score (nSPS) is 14.4. The van der Waals surface area contributed by atoms with Crippen LogP contribution in [0.4, 0.5) is 4.39 Å². The lowest BCUT2D eigenvalue weighted by molar-refractivity contribution is -0.149. The van der Waals surface area contributed by atoms with Crippen LogP contribution < -0.4 is 5.73 Å². The molecule has 1 atom stereocenters. The minimum absolute atomic E-state index is 0.142. The standard InChI is InChI=1S/C11H14FNO2/c1-3-15-10(14)11(2,13)8-6-4-5-7-9(8)12/h4-7H,3,13H2,1-2H3. The molecule has 0 radical (unpaired) electrons. The highest BCUT2D eigenvalue weighted by atomic mass is 19.1. The zero-order valence-electron chi connectivity index (χ0n) is 8.79. The molecule has 1 rings (SSSR count). The summed E-state index contributed by atoms with van der Waals surface area (Å²) >= 11 is 0. The number of nitrogens with two attached hydrogens (primary N) is 1. The summed E-state index contributed by atoms with van der Waals surface area (Å²) in [4.78, 5) is 11.5. The van der Waals surface area contributed by atoms with Crippen LogP contribution in [0.3, 0.4) is 0 Å². The minimum Gasteiger partial charge on any atom is -0.464 e. The monoisotopic (exact) mass is 211 g/mol. The molecule has 2 N–H and O–H groups in total. The Balaban J connectivity index is 3.05. The molecule has 15 heavy (non-hydrogen) atoms. The third kappa shape index (κ3) is 2.33. The van der Waals surface area contributed by atoms with E-state index in [-0.39, 0.29) is 12.2 Å². The zero-order chi connectivity index (χ0) is 11.5. The van der Waals surface area contributed by atoms with Gasteiger partial charge < -0.3 is 10.5 Å². The fourth-order valence-electron chi connectivity index (χ4n) is 1.27. The first-order valence-corrected chi connectivity index (χ1v) is 4.71. The molecule has 3 nitrogen and oxygen atoms in total. The Morgan fingerprint density at radius 3 is 2.67 bits per heavy atom. The number of esters is 1. The zero-order valence-corrected chi connectivity index (χ0v) is 8.79. The molecular weight excluding hydrogens is 197 g/mol. The Morgan fingerprint density at radius 2 is 2.13 bits per heavy atom. The molecule has 0 heterocycles. The average molecular weight is 211 g/mol. The highest BCUT2D eigenvalue weighted by Crippen LogP contribution is 2.22. The van der Waals surface area contributed by atoms with Gasteiger partial charge in [-0.05, 0) is 19.9 Å². The summed E-state index contributed by atoms with van der Waals surface area (Å²) in [6.45, 7) is 3.33. The van der Waals surface area contributed by atoms with Gasteiger partial charge in [-0.3, -0.25) is 0 Å². The van der Waals surface area contributed by atoms with E-state index < -0.39 is 17.3 Å². The molecule has 0 saturated heterocycles. The van der Waals surface area contributed by atoms with Crippen molar-refractivity contribution in [3.05, 3.63) is 35.6 Å². The molecular formula is C11H14FNO2. The predicted molar refractivity (Wildman–Crippen MR) is 54.6 cm³/mol. The largest absolute Gasteiger partial charge is 0.464 e. The fraction of sp³-hybridized carbons (Fsp3) is 0.364. The van der Waals surface area contributed by atoms with E-state index in [4.69, 9.17) is 10.5 Å². The summed E-state index contributed by atoms with van der Waals surface area (Å²) in [6, 6.07) is 5.91. The first kappa shape index (κ1) is 11.7. The molecule has 0 aromatic heterocycles. The van der Waals surface area contributed by atoms with Crippen molar-refractivity contribution in [1.82, 2.24) is 0 Å². The Hall–Kier alpha value is -1.42. The number of ether oxygens (including phenoxy) is 1. The minimum atomic E-state index is -1.44. The molecule has 1 unspecified atom stereocenters. The van der Waals surface area contributed by atoms with E-state index in [1.807, 2.05) is 0 Å². The van der Waals surface area contributed by atoms with Gasteiger partial charge in [-0.1, -0.05) is 18.2 Å². The second kappa shape index (κ2) is 4.40. The Bertz CT molecular complexity index is 363. The summed E-state index contributed by atoms with van der Waals surface area (Å²) < 4.78 is 18.2. The van der Waals surface area contributed by atoms with Gasteiger partial charge in [0.1, 0.15) is 11.4 Å². The third-order valence-electron chi connectivity index (χ3n) is 2.13. The van der Waals surface area contributed by atoms with Crippen LogP contribution in [0.5, 0.6) is 0 Å². The maximum atomic E-state index is 13.4. The van der Waals surface area contributed by atoms with Crippen molar-refractivity contribution >= 4 is 5.97 Å². The molecule has 82 valence electrons. The molecule has 0 fully saturated rings. The number of benzene rings is 1. The van der Waals surface area contributed by atoms with Crippen molar-refractivity contribution in [2.75, 3.05) is 6.61 Å². The molecule has 0 saturated carbocycles. The number of carbonyl (C=O) groups is 1. The SMILES string of the molecule is CCOC(=O)C(C)(N)c1ccccc1F. The fourth-order valence-corrected chi connectivity index (χ4v) is 1.27. The van der Waals surface area contributed by atoms with Gasteiger partial charge in [0.2, 0.25) is 0 Å². The summed E-state index contributed by atoms with van der Waals surface area (Å²) in [6.07, 6.45) is 0. The molecule has 0 amide bonds. The second-order valence-corrected chi connectivity index (χ2v) is 3.40. The Morgan fingerprint density at radius 1 is 1.53 bits per heavy atom. The number of hydrogen-bond donors (Lipinski definition) is 1. The van der Waals surface area contributed by atoms with Crippen LogP contribution in [0, 0.1) is 5.82 Å². The Labute approximate surface area is 88.0 Å². The van der Waals surface area contributed by atoms with Crippen LogP contribution in [-0.4, -0.2) is 12.6 Å². The maximum Gasteiger partial charge on any atom is 0.330 e. The maximum absolute atomic E-state index is 13.4. The third-order valence-corrected chi connectivity index (χ3v) is 2.13. The molecule has 0 aliphatic carbocycles. The quantitative estimate of drug-likeness (QED) is 0.772. The van der Waals surface area contributed by atoms with Gasteiger partial charge in [-0.15, -0.1) is 0 Å². The smallest absolute Gasteiger partial charge is 0.330 e. The summed E-state index contributed by atoms with van der Waals surface area (Å²) in [5.41, 5.74) is 4.45. The van der Waals surface area contributed by atoms with Crippen LogP contribution in [0.2, 0.25) is 0 Å².